The monoisotopic (exact) mass is 392 g/mol. The maximum absolute atomic E-state index is 12.3. The second-order valence-corrected chi connectivity index (χ2v) is 8.20. The van der Waals surface area contributed by atoms with Crippen LogP contribution in [0.25, 0.3) is 0 Å². The van der Waals surface area contributed by atoms with Crippen LogP contribution in [0.15, 0.2) is 29.4 Å². The molecule has 1 heterocycles. The van der Waals surface area contributed by atoms with Gasteiger partial charge in [0.1, 0.15) is 5.82 Å². The number of nitrogens with one attached hydrogen (secondary N) is 1. The molecule has 5 nitrogen and oxygen atoms in total. The molecule has 1 N–H and O–H groups in total. The maximum Gasteiger partial charge on any atom is 0.230 e. The lowest BCUT2D eigenvalue weighted by molar-refractivity contribution is -0.119. The van der Waals surface area contributed by atoms with E-state index >= 15 is 0 Å². The van der Waals surface area contributed by atoms with Crippen molar-refractivity contribution in [2.75, 3.05) is 5.75 Å². The van der Waals surface area contributed by atoms with Gasteiger partial charge in [0, 0.05) is 11.1 Å². The number of hydrogen-bond acceptors (Lipinski definition) is 4. The summed E-state index contributed by atoms with van der Waals surface area (Å²) in [6.45, 7) is 3.97. The van der Waals surface area contributed by atoms with Crippen molar-refractivity contribution < 1.29 is 4.79 Å². The number of rotatable bonds is 6. The van der Waals surface area contributed by atoms with Gasteiger partial charge in [-0.15, -0.1) is 10.2 Å². The predicted octanol–water partition coefficient (Wildman–Crippen LogP) is 4.71. The van der Waals surface area contributed by atoms with E-state index in [-0.39, 0.29) is 11.9 Å². The number of amides is 1. The fourth-order valence-electron chi connectivity index (χ4n) is 3.46. The summed E-state index contributed by atoms with van der Waals surface area (Å²) in [5.74, 6) is 1.27. The number of nitrogens with zero attached hydrogens (tertiary/aromatic N) is 3. The molecule has 0 saturated heterocycles. The lowest BCUT2D eigenvalue weighted by atomic mass is 9.95. The second-order valence-electron chi connectivity index (χ2n) is 6.82. The Bertz CT molecular complexity index is 740. The molecule has 2 aromatic rings. The summed E-state index contributed by atoms with van der Waals surface area (Å²) < 4.78 is 2.22. The highest BCUT2D eigenvalue weighted by molar-refractivity contribution is 7.99. The minimum Gasteiger partial charge on any atom is -0.349 e. The van der Waals surface area contributed by atoms with Gasteiger partial charge in [0.05, 0.1) is 11.8 Å². The first-order valence-corrected chi connectivity index (χ1v) is 10.5. The summed E-state index contributed by atoms with van der Waals surface area (Å²) in [5.41, 5.74) is 1.04. The number of aromatic nitrogens is 3. The molecule has 0 aliphatic heterocycles. The Morgan fingerprint density at radius 2 is 1.96 bits per heavy atom. The van der Waals surface area contributed by atoms with Crippen molar-refractivity contribution in [3.8, 4) is 0 Å². The number of halogens is 1. The Morgan fingerprint density at radius 3 is 2.65 bits per heavy atom. The molecule has 1 aliphatic carbocycles. The van der Waals surface area contributed by atoms with Crippen molar-refractivity contribution in [3.05, 3.63) is 40.7 Å². The molecule has 0 radical (unpaired) electrons. The summed E-state index contributed by atoms with van der Waals surface area (Å²) in [4.78, 5) is 12.3. The zero-order valence-electron chi connectivity index (χ0n) is 15.2. The zero-order valence-corrected chi connectivity index (χ0v) is 16.8. The summed E-state index contributed by atoms with van der Waals surface area (Å²) in [7, 11) is 0. The van der Waals surface area contributed by atoms with Crippen LogP contribution in [0.2, 0.25) is 5.02 Å². The number of aryl methyl sites for hydroxylation is 1. The van der Waals surface area contributed by atoms with Crippen molar-refractivity contribution in [3.63, 3.8) is 0 Å². The molecule has 0 spiro atoms. The van der Waals surface area contributed by atoms with Crippen molar-refractivity contribution in [2.24, 2.45) is 0 Å². The Labute approximate surface area is 163 Å². The first-order chi connectivity index (χ1) is 12.5. The van der Waals surface area contributed by atoms with Crippen LogP contribution in [0.3, 0.4) is 0 Å². The van der Waals surface area contributed by atoms with Crippen molar-refractivity contribution in [2.45, 2.75) is 63.2 Å². The lowest BCUT2D eigenvalue weighted by Gasteiger charge is -2.25. The van der Waals surface area contributed by atoms with Crippen molar-refractivity contribution in [1.82, 2.24) is 20.1 Å². The van der Waals surface area contributed by atoms with E-state index in [0.717, 1.165) is 16.5 Å². The number of hydrogen-bond donors (Lipinski definition) is 1. The molecule has 1 aromatic carbocycles. The quantitative estimate of drug-likeness (QED) is 0.723. The largest absolute Gasteiger partial charge is 0.349 e. The molecular weight excluding hydrogens is 368 g/mol. The molecule has 1 amide bonds. The highest BCUT2D eigenvalue weighted by Gasteiger charge is 2.22. The fourth-order valence-corrected chi connectivity index (χ4v) is 4.44. The van der Waals surface area contributed by atoms with Gasteiger partial charge in [-0.1, -0.05) is 54.8 Å². The molecule has 7 heteroatoms. The van der Waals surface area contributed by atoms with E-state index < -0.39 is 0 Å². The van der Waals surface area contributed by atoms with Gasteiger partial charge in [0.15, 0.2) is 5.16 Å². The molecule has 1 atom stereocenters. The van der Waals surface area contributed by atoms with Gasteiger partial charge in [-0.2, -0.15) is 0 Å². The van der Waals surface area contributed by atoms with E-state index in [9.17, 15) is 4.79 Å². The smallest absolute Gasteiger partial charge is 0.230 e. The van der Waals surface area contributed by atoms with E-state index in [0.29, 0.717) is 16.8 Å². The topological polar surface area (TPSA) is 59.8 Å². The standard InChI is InChI=1S/C19H25ClN4OS/c1-13(15-8-10-16(20)11-9-15)21-18(25)12-26-19-23-22-14(2)24(19)17-6-4-3-5-7-17/h8-11,13,17H,3-7,12H2,1-2H3,(H,21,25). The average molecular weight is 393 g/mol. The highest BCUT2D eigenvalue weighted by atomic mass is 35.5. The minimum atomic E-state index is -0.0571. The van der Waals surface area contributed by atoms with Gasteiger partial charge >= 0.3 is 0 Å². The van der Waals surface area contributed by atoms with Crippen LogP contribution >= 0.6 is 23.4 Å². The summed E-state index contributed by atoms with van der Waals surface area (Å²) >= 11 is 7.38. The predicted molar refractivity (Wildman–Crippen MR) is 106 cm³/mol. The first-order valence-electron chi connectivity index (χ1n) is 9.13. The maximum atomic E-state index is 12.3. The van der Waals surface area contributed by atoms with E-state index in [2.05, 4.69) is 20.1 Å². The van der Waals surface area contributed by atoms with Crippen LogP contribution < -0.4 is 5.32 Å². The first kappa shape index (κ1) is 19.2. The van der Waals surface area contributed by atoms with Crippen LogP contribution in [0, 0.1) is 6.92 Å². The molecular formula is C19H25ClN4OS. The van der Waals surface area contributed by atoms with Gasteiger partial charge in [-0.05, 0) is 44.4 Å². The fraction of sp³-hybridized carbons (Fsp3) is 0.526. The van der Waals surface area contributed by atoms with Crippen LogP contribution in [-0.4, -0.2) is 26.4 Å². The Hall–Kier alpha value is -1.53. The van der Waals surface area contributed by atoms with Crippen LogP contribution in [0.5, 0.6) is 0 Å². The van der Waals surface area contributed by atoms with E-state index in [1.807, 2.05) is 38.1 Å². The normalized spacial score (nSPS) is 16.4. The third-order valence-electron chi connectivity index (χ3n) is 4.85. The molecule has 3 rings (SSSR count). The molecule has 0 bridgehead atoms. The SMILES string of the molecule is Cc1nnc(SCC(=O)NC(C)c2ccc(Cl)cc2)n1C1CCCCC1. The van der Waals surface area contributed by atoms with E-state index in [4.69, 9.17) is 11.6 Å². The van der Waals surface area contributed by atoms with Gasteiger partial charge < -0.3 is 9.88 Å². The van der Waals surface area contributed by atoms with Gasteiger partial charge in [-0.3, -0.25) is 4.79 Å². The number of carbonyl (C=O) groups excluding carboxylic acids is 1. The molecule has 1 fully saturated rings. The van der Waals surface area contributed by atoms with Crippen LogP contribution in [0.4, 0.5) is 0 Å². The average Bonchev–Trinajstić information content (AvgIpc) is 3.02. The summed E-state index contributed by atoms with van der Waals surface area (Å²) in [6, 6.07) is 7.95. The number of carbonyl (C=O) groups is 1. The van der Waals surface area contributed by atoms with E-state index in [1.165, 1.54) is 43.9 Å². The molecule has 1 aliphatic rings. The Kier molecular flexibility index (Phi) is 6.59. The zero-order chi connectivity index (χ0) is 18.5. The number of benzene rings is 1. The molecule has 140 valence electrons. The third kappa shape index (κ3) is 4.80. The van der Waals surface area contributed by atoms with Crippen LogP contribution in [-0.2, 0) is 4.79 Å². The van der Waals surface area contributed by atoms with Crippen molar-refractivity contribution >= 4 is 29.3 Å². The minimum absolute atomic E-state index is 0.00621. The van der Waals surface area contributed by atoms with Crippen LogP contribution in [0.1, 0.15) is 62.5 Å². The Morgan fingerprint density at radius 1 is 1.27 bits per heavy atom. The van der Waals surface area contributed by atoms with Gasteiger partial charge in [0.2, 0.25) is 5.91 Å². The Balaban J connectivity index is 1.57. The van der Waals surface area contributed by atoms with Gasteiger partial charge in [-0.25, -0.2) is 0 Å². The second kappa shape index (κ2) is 8.91. The molecule has 26 heavy (non-hydrogen) atoms. The highest BCUT2D eigenvalue weighted by Crippen LogP contribution is 2.32. The molecule has 1 unspecified atom stereocenters. The molecule has 1 saturated carbocycles. The van der Waals surface area contributed by atoms with E-state index in [1.54, 1.807) is 0 Å². The summed E-state index contributed by atoms with van der Waals surface area (Å²) in [6.07, 6.45) is 6.17. The lowest BCUT2D eigenvalue weighted by Crippen LogP contribution is -2.28. The molecule has 1 aromatic heterocycles. The van der Waals surface area contributed by atoms with Gasteiger partial charge in [0.25, 0.3) is 0 Å². The summed E-state index contributed by atoms with van der Waals surface area (Å²) in [5, 5.41) is 13.1. The number of thioether (sulfide) groups is 1. The van der Waals surface area contributed by atoms with Crippen molar-refractivity contribution in [1.29, 1.82) is 0 Å². The third-order valence-corrected chi connectivity index (χ3v) is 6.05.